The topological polar surface area (TPSA) is 86.9 Å². The highest BCUT2D eigenvalue weighted by molar-refractivity contribution is 7.85. The largest absolute Gasteiger partial charge is 0.468 e. The number of anilines is 1. The van der Waals surface area contributed by atoms with Crippen LogP contribution in [0.3, 0.4) is 0 Å². The number of hydrogen-bond acceptors (Lipinski definition) is 5. The molecule has 286 valence electrons. The van der Waals surface area contributed by atoms with Crippen molar-refractivity contribution in [1.29, 1.82) is 0 Å². The molecule has 2 aliphatic rings. The average molecular weight is 758 g/mol. The van der Waals surface area contributed by atoms with E-state index < -0.39 is 10.1 Å². The average Bonchev–Trinajstić information content (AvgIpc) is 3.51. The Morgan fingerprint density at radius 2 is 1.35 bits per heavy atom. The molecule has 55 heavy (non-hydrogen) atoms. The molecule has 0 fully saturated rings. The lowest BCUT2D eigenvalue weighted by Gasteiger charge is -2.27. The van der Waals surface area contributed by atoms with E-state index in [-0.39, 0.29) is 16.6 Å². The molecule has 8 heteroatoms. The van der Waals surface area contributed by atoms with E-state index in [1.807, 2.05) is 24.3 Å². The lowest BCUT2D eigenvalue weighted by molar-refractivity contribution is -0.438. The van der Waals surface area contributed by atoms with Gasteiger partial charge in [0.2, 0.25) is 5.69 Å². The number of rotatable bonds is 17. The van der Waals surface area contributed by atoms with Gasteiger partial charge in [-0.1, -0.05) is 111 Å². The predicted octanol–water partition coefficient (Wildman–Crippen LogP) is 10.3. The minimum Gasteiger partial charge on any atom is -0.468 e. The molecule has 0 saturated heterocycles. The number of allylic oxidation sites excluding steroid dienone is 10. The molecule has 6 rings (SSSR count). The van der Waals surface area contributed by atoms with E-state index in [4.69, 9.17) is 4.74 Å². The second kappa shape index (κ2) is 17.2. The fraction of sp³-hybridized carbons (Fsp3) is 0.319. The summed E-state index contributed by atoms with van der Waals surface area (Å²) in [6, 6.07) is 25.9. The van der Waals surface area contributed by atoms with Gasteiger partial charge in [-0.05, 0) is 84.8 Å². The normalized spacial score (nSPS) is 17.3. The number of ether oxygens (including phenoxy) is 1. The number of nitrogens with zero attached hydrogens (tertiary/aromatic N) is 2. The highest BCUT2D eigenvalue weighted by atomic mass is 32.2. The van der Waals surface area contributed by atoms with Crippen LogP contribution in [0.5, 0.6) is 0 Å². The fourth-order valence-corrected chi connectivity index (χ4v) is 8.97. The van der Waals surface area contributed by atoms with E-state index in [1.165, 1.54) is 44.1 Å². The first kappa shape index (κ1) is 39.6. The van der Waals surface area contributed by atoms with Crippen molar-refractivity contribution < 1.29 is 27.1 Å². The quantitative estimate of drug-likeness (QED) is 0.0379. The van der Waals surface area contributed by atoms with Crippen LogP contribution in [-0.4, -0.2) is 55.2 Å². The van der Waals surface area contributed by atoms with E-state index in [9.17, 15) is 17.8 Å². The summed E-state index contributed by atoms with van der Waals surface area (Å²) in [5, 5.41) is 4.95. The third-order valence-corrected chi connectivity index (χ3v) is 11.7. The van der Waals surface area contributed by atoms with Crippen molar-refractivity contribution in [3.05, 3.63) is 144 Å². The zero-order valence-electron chi connectivity index (χ0n) is 32.4. The number of carbonyl (C=O) groups excluding carboxylic acids is 1. The van der Waals surface area contributed by atoms with E-state index in [2.05, 4.69) is 140 Å². The SMILES string of the molecule is CC1(C)C(/C=C/C=C/C=C/C=C/C=C2/N(CCCCS(=O)(=O)O)c3ccc4ccccc4c3C2(C)C)=[N+](CCCCCOC=O)c2ccc3ccccc3c21. The van der Waals surface area contributed by atoms with Crippen molar-refractivity contribution in [2.24, 2.45) is 0 Å². The molecule has 0 spiro atoms. The maximum Gasteiger partial charge on any atom is 0.293 e. The van der Waals surface area contributed by atoms with Gasteiger partial charge in [-0.15, -0.1) is 0 Å². The monoisotopic (exact) mass is 757 g/mol. The molecule has 1 N–H and O–H groups in total. The van der Waals surface area contributed by atoms with Crippen LogP contribution in [0.15, 0.2) is 133 Å². The number of fused-ring (bicyclic) bond motifs is 6. The molecule has 0 bridgehead atoms. The van der Waals surface area contributed by atoms with Crippen LogP contribution in [0.1, 0.15) is 70.9 Å². The molecule has 0 aliphatic carbocycles. The van der Waals surface area contributed by atoms with Crippen molar-refractivity contribution in [1.82, 2.24) is 0 Å². The standard InChI is InChI=1S/C47H52N2O5S/c1-46(2)42(48(31-17-10-19-33-54-35-50)40-29-27-36-21-13-15-23-38(36)44(40)46)25-11-8-6-5-7-9-12-26-43-47(3,4)45-39-24-16-14-22-37(39)28-30-41(45)49(43)32-18-20-34-55(51,52)53/h5-9,11-16,21-30,35H,10,17-20,31-34H2,1-4H3/p+1. The molecule has 0 amide bonds. The Balaban J connectivity index is 1.18. The first-order valence-electron chi connectivity index (χ1n) is 19.3. The van der Waals surface area contributed by atoms with E-state index in [0.717, 1.165) is 37.2 Å². The number of unbranched alkanes of at least 4 members (excludes halogenated alkanes) is 3. The zero-order valence-corrected chi connectivity index (χ0v) is 33.3. The van der Waals surface area contributed by atoms with Crippen LogP contribution in [0.2, 0.25) is 0 Å². The van der Waals surface area contributed by atoms with Crippen LogP contribution in [0.4, 0.5) is 11.4 Å². The van der Waals surface area contributed by atoms with Crippen molar-refractivity contribution in [2.45, 2.75) is 70.6 Å². The van der Waals surface area contributed by atoms with Gasteiger partial charge in [-0.3, -0.25) is 9.35 Å². The lowest BCUT2D eigenvalue weighted by atomic mass is 9.79. The highest BCUT2D eigenvalue weighted by Crippen LogP contribution is 2.51. The second-order valence-electron chi connectivity index (χ2n) is 15.4. The van der Waals surface area contributed by atoms with Gasteiger partial charge in [-0.25, -0.2) is 0 Å². The molecule has 4 aromatic rings. The summed E-state index contributed by atoms with van der Waals surface area (Å²) < 4.78 is 39.4. The summed E-state index contributed by atoms with van der Waals surface area (Å²) in [4.78, 5) is 12.9. The van der Waals surface area contributed by atoms with Crippen LogP contribution in [-0.2, 0) is 30.5 Å². The maximum absolute atomic E-state index is 11.4. The Kier molecular flexibility index (Phi) is 12.4. The molecule has 7 nitrogen and oxygen atoms in total. The molecule has 0 atom stereocenters. The van der Waals surface area contributed by atoms with Crippen LogP contribution in [0.25, 0.3) is 21.5 Å². The van der Waals surface area contributed by atoms with Crippen molar-refractivity contribution >= 4 is 55.2 Å². The number of carbonyl (C=O) groups is 1. The summed E-state index contributed by atoms with van der Waals surface area (Å²) in [6.07, 6.45) is 22.6. The van der Waals surface area contributed by atoms with Crippen molar-refractivity contribution in [3.8, 4) is 0 Å². The second-order valence-corrected chi connectivity index (χ2v) is 17.0. The summed E-state index contributed by atoms with van der Waals surface area (Å²) in [7, 11) is -3.99. The Hall–Kier alpha value is -5.05. The first-order valence-corrected chi connectivity index (χ1v) is 20.9. The van der Waals surface area contributed by atoms with Crippen LogP contribution >= 0.6 is 0 Å². The van der Waals surface area contributed by atoms with Crippen LogP contribution in [0, 0.1) is 0 Å². The van der Waals surface area contributed by atoms with E-state index in [0.29, 0.717) is 32.5 Å². The molecular formula is C47H53N2O5S+. The van der Waals surface area contributed by atoms with Gasteiger partial charge in [0.25, 0.3) is 16.6 Å². The molecule has 0 unspecified atom stereocenters. The minimum atomic E-state index is -3.99. The Bertz CT molecular complexity index is 2340. The lowest BCUT2D eigenvalue weighted by Crippen LogP contribution is -2.28. The maximum atomic E-state index is 11.4. The molecule has 4 aromatic carbocycles. The summed E-state index contributed by atoms with van der Waals surface area (Å²) in [6.45, 7) is 11.6. The van der Waals surface area contributed by atoms with Gasteiger partial charge in [0, 0.05) is 47.5 Å². The minimum absolute atomic E-state index is 0.183. The summed E-state index contributed by atoms with van der Waals surface area (Å²) in [5.74, 6) is -0.234. The third kappa shape index (κ3) is 8.77. The Morgan fingerprint density at radius 1 is 0.709 bits per heavy atom. The molecule has 2 aliphatic heterocycles. The third-order valence-electron chi connectivity index (χ3n) is 10.9. The Labute approximate surface area is 326 Å². The van der Waals surface area contributed by atoms with Gasteiger partial charge < -0.3 is 9.64 Å². The fourth-order valence-electron chi connectivity index (χ4n) is 8.40. The molecule has 0 saturated carbocycles. The Morgan fingerprint density at radius 3 is 2.04 bits per heavy atom. The highest BCUT2D eigenvalue weighted by Gasteiger charge is 2.45. The van der Waals surface area contributed by atoms with Crippen LogP contribution < -0.4 is 4.90 Å². The summed E-state index contributed by atoms with van der Waals surface area (Å²) in [5.41, 5.74) is 6.99. The van der Waals surface area contributed by atoms with Gasteiger partial charge in [-0.2, -0.15) is 13.0 Å². The van der Waals surface area contributed by atoms with Crippen molar-refractivity contribution in [3.63, 3.8) is 0 Å². The zero-order chi connectivity index (χ0) is 39.1. The van der Waals surface area contributed by atoms with E-state index in [1.54, 1.807) is 0 Å². The number of benzene rings is 4. The summed E-state index contributed by atoms with van der Waals surface area (Å²) >= 11 is 0. The predicted molar refractivity (Wildman–Crippen MR) is 227 cm³/mol. The van der Waals surface area contributed by atoms with Gasteiger partial charge >= 0.3 is 0 Å². The number of hydrogen-bond donors (Lipinski definition) is 1. The molecule has 0 radical (unpaired) electrons. The molecular weight excluding hydrogens is 705 g/mol. The smallest absolute Gasteiger partial charge is 0.293 e. The van der Waals surface area contributed by atoms with Gasteiger partial charge in [0.1, 0.15) is 6.54 Å². The molecule has 2 heterocycles. The molecule has 0 aromatic heterocycles. The van der Waals surface area contributed by atoms with E-state index >= 15 is 0 Å². The van der Waals surface area contributed by atoms with Gasteiger partial charge in [0.15, 0.2) is 5.71 Å². The van der Waals surface area contributed by atoms with Gasteiger partial charge in [0.05, 0.1) is 17.8 Å². The first-order chi connectivity index (χ1) is 26.4. The van der Waals surface area contributed by atoms with Crippen molar-refractivity contribution in [2.75, 3.05) is 30.3 Å².